The van der Waals surface area contributed by atoms with Crippen LogP contribution in [0.15, 0.2) is 53.0 Å². The summed E-state index contributed by atoms with van der Waals surface area (Å²) in [7, 11) is 2.04. The first-order valence-corrected chi connectivity index (χ1v) is 8.33. The fourth-order valence-electron chi connectivity index (χ4n) is 3.62. The normalized spacial score (nSPS) is 26.3. The second kappa shape index (κ2) is 4.74. The number of amides is 1. The monoisotopic (exact) mass is 376 g/mol. The van der Waals surface area contributed by atoms with Gasteiger partial charge in [0, 0.05) is 35.0 Å². The molecule has 0 aliphatic carbocycles. The minimum absolute atomic E-state index is 0.0332. The highest BCUT2D eigenvalue weighted by molar-refractivity contribution is 9.10. The number of carbonyl (C=O) groups is 1. The van der Waals surface area contributed by atoms with Gasteiger partial charge in [0.05, 0.1) is 0 Å². The number of benzene rings is 2. The van der Waals surface area contributed by atoms with Crippen LogP contribution in [0.1, 0.15) is 5.56 Å². The number of nitrogens with zero attached hydrogens (tertiary/aromatic N) is 2. The van der Waals surface area contributed by atoms with Crippen LogP contribution in [0.2, 0.25) is 0 Å². The highest BCUT2D eigenvalue weighted by Gasteiger charge is 2.64. The van der Waals surface area contributed by atoms with E-state index in [1.165, 1.54) is 0 Å². The Labute approximate surface area is 142 Å². The standard InChI is InChI=1S/C17H14BrClN2O/c1-20-10-17(13-4-2-3-5-14(13)20)15(19)16(22)21(17)12-8-6-11(18)7-9-12/h2-9,15H,10H2,1H3. The van der Waals surface area contributed by atoms with E-state index in [2.05, 4.69) is 33.0 Å². The van der Waals surface area contributed by atoms with Gasteiger partial charge in [0.25, 0.3) is 0 Å². The summed E-state index contributed by atoms with van der Waals surface area (Å²) in [6, 6.07) is 16.0. The Morgan fingerprint density at radius 2 is 1.86 bits per heavy atom. The predicted molar refractivity (Wildman–Crippen MR) is 92.7 cm³/mol. The maximum atomic E-state index is 12.5. The first-order valence-electron chi connectivity index (χ1n) is 7.10. The van der Waals surface area contributed by atoms with Crippen LogP contribution in [0, 0.1) is 0 Å². The van der Waals surface area contributed by atoms with Crippen molar-refractivity contribution in [1.29, 1.82) is 0 Å². The van der Waals surface area contributed by atoms with E-state index in [4.69, 9.17) is 11.6 Å². The zero-order valence-corrected chi connectivity index (χ0v) is 14.3. The molecule has 112 valence electrons. The summed E-state index contributed by atoms with van der Waals surface area (Å²) in [5, 5.41) is -0.526. The summed E-state index contributed by atoms with van der Waals surface area (Å²) in [5.41, 5.74) is 2.68. The Morgan fingerprint density at radius 1 is 1.18 bits per heavy atom. The molecule has 1 fully saturated rings. The lowest BCUT2D eigenvalue weighted by molar-refractivity contribution is -0.126. The van der Waals surface area contributed by atoms with Crippen LogP contribution in [0.25, 0.3) is 0 Å². The molecule has 1 amide bonds. The number of likely N-dealkylation sites (N-methyl/N-ethyl adjacent to an activating group) is 1. The quantitative estimate of drug-likeness (QED) is 0.558. The first-order chi connectivity index (χ1) is 10.6. The van der Waals surface area contributed by atoms with E-state index in [0.717, 1.165) is 21.4 Å². The number of rotatable bonds is 1. The third kappa shape index (κ3) is 1.65. The summed E-state index contributed by atoms with van der Waals surface area (Å²) in [5.74, 6) is -0.0332. The van der Waals surface area contributed by atoms with E-state index in [-0.39, 0.29) is 5.91 Å². The molecular formula is C17H14BrClN2O. The summed E-state index contributed by atoms with van der Waals surface area (Å²) in [4.78, 5) is 16.5. The van der Waals surface area contributed by atoms with E-state index in [9.17, 15) is 4.79 Å². The number of para-hydroxylation sites is 1. The van der Waals surface area contributed by atoms with Crippen molar-refractivity contribution in [1.82, 2.24) is 0 Å². The summed E-state index contributed by atoms with van der Waals surface area (Å²) < 4.78 is 0.990. The minimum atomic E-state index is -0.526. The van der Waals surface area contributed by atoms with Gasteiger partial charge < -0.3 is 4.90 Å². The van der Waals surface area contributed by atoms with Crippen molar-refractivity contribution in [2.24, 2.45) is 0 Å². The lowest BCUT2D eigenvalue weighted by atomic mass is 9.78. The van der Waals surface area contributed by atoms with Crippen LogP contribution in [-0.2, 0) is 10.3 Å². The van der Waals surface area contributed by atoms with E-state index < -0.39 is 10.9 Å². The number of hydrogen-bond acceptors (Lipinski definition) is 2. The Bertz CT molecular complexity index is 764. The van der Waals surface area contributed by atoms with Gasteiger partial charge >= 0.3 is 0 Å². The molecule has 2 unspecified atom stereocenters. The molecule has 2 aromatic rings. The van der Waals surface area contributed by atoms with Gasteiger partial charge in [0.1, 0.15) is 10.9 Å². The summed E-state index contributed by atoms with van der Waals surface area (Å²) >= 11 is 9.94. The smallest absolute Gasteiger partial charge is 0.248 e. The van der Waals surface area contributed by atoms with E-state index in [0.29, 0.717) is 6.54 Å². The molecular weight excluding hydrogens is 364 g/mol. The van der Waals surface area contributed by atoms with E-state index in [1.807, 2.05) is 48.3 Å². The van der Waals surface area contributed by atoms with Crippen LogP contribution in [0.4, 0.5) is 11.4 Å². The zero-order chi connectivity index (χ0) is 15.5. The molecule has 5 heteroatoms. The molecule has 2 aliphatic heterocycles. The molecule has 0 aromatic heterocycles. The summed E-state index contributed by atoms with van der Waals surface area (Å²) in [6.45, 7) is 0.711. The number of hydrogen-bond donors (Lipinski definition) is 0. The largest absolute Gasteiger partial charge is 0.371 e. The lowest BCUT2D eigenvalue weighted by Crippen LogP contribution is -2.72. The third-order valence-corrected chi connectivity index (χ3v) is 5.68. The van der Waals surface area contributed by atoms with Gasteiger partial charge in [-0.2, -0.15) is 0 Å². The fraction of sp³-hybridized carbons (Fsp3) is 0.235. The molecule has 3 nitrogen and oxygen atoms in total. The first kappa shape index (κ1) is 14.1. The molecule has 2 atom stereocenters. The number of anilines is 2. The van der Waals surface area contributed by atoms with Crippen molar-refractivity contribution in [2.75, 3.05) is 23.4 Å². The molecule has 2 heterocycles. The maximum absolute atomic E-state index is 12.5. The van der Waals surface area contributed by atoms with Gasteiger partial charge in [-0.25, -0.2) is 0 Å². The molecule has 0 radical (unpaired) electrons. The Morgan fingerprint density at radius 3 is 2.59 bits per heavy atom. The van der Waals surface area contributed by atoms with Gasteiger partial charge in [0.2, 0.25) is 5.91 Å². The highest BCUT2D eigenvalue weighted by atomic mass is 79.9. The topological polar surface area (TPSA) is 23.6 Å². The van der Waals surface area contributed by atoms with E-state index >= 15 is 0 Å². The van der Waals surface area contributed by atoms with E-state index in [1.54, 1.807) is 0 Å². The number of alkyl halides is 1. The fourth-order valence-corrected chi connectivity index (χ4v) is 4.27. The highest BCUT2D eigenvalue weighted by Crippen LogP contribution is 2.54. The Hall–Kier alpha value is -1.52. The SMILES string of the molecule is CN1CC2(c3ccccc31)C(Cl)C(=O)N2c1ccc(Br)cc1. The average Bonchev–Trinajstić information content (AvgIpc) is 2.85. The van der Waals surface area contributed by atoms with Crippen molar-refractivity contribution in [3.05, 3.63) is 58.6 Å². The molecule has 22 heavy (non-hydrogen) atoms. The molecule has 2 aromatic carbocycles. The van der Waals surface area contributed by atoms with Crippen molar-refractivity contribution in [3.8, 4) is 0 Å². The van der Waals surface area contributed by atoms with Crippen LogP contribution >= 0.6 is 27.5 Å². The molecule has 0 bridgehead atoms. The minimum Gasteiger partial charge on any atom is -0.371 e. The second-order valence-corrected chi connectivity index (χ2v) is 7.16. The van der Waals surface area contributed by atoms with Crippen molar-refractivity contribution in [3.63, 3.8) is 0 Å². The Balaban J connectivity index is 1.87. The number of carbonyl (C=O) groups excluding carboxylic acids is 1. The van der Waals surface area contributed by atoms with Gasteiger partial charge in [-0.15, -0.1) is 11.6 Å². The average molecular weight is 378 g/mol. The predicted octanol–water partition coefficient (Wildman–Crippen LogP) is 3.75. The molecule has 4 rings (SSSR count). The van der Waals surface area contributed by atoms with Crippen molar-refractivity contribution < 1.29 is 4.79 Å². The maximum Gasteiger partial charge on any atom is 0.248 e. The van der Waals surface area contributed by atoms with Crippen LogP contribution < -0.4 is 9.80 Å². The molecule has 2 aliphatic rings. The van der Waals surface area contributed by atoms with Gasteiger partial charge in [-0.1, -0.05) is 34.1 Å². The number of β-lactam (4-membered cyclic amide) rings is 1. The van der Waals surface area contributed by atoms with Crippen LogP contribution in [0.5, 0.6) is 0 Å². The lowest BCUT2D eigenvalue weighted by Gasteiger charge is -2.53. The van der Waals surface area contributed by atoms with Gasteiger partial charge in [-0.05, 0) is 30.3 Å². The number of fused-ring (bicyclic) bond motifs is 2. The zero-order valence-electron chi connectivity index (χ0n) is 12.0. The molecule has 1 spiro atoms. The molecule has 0 saturated carbocycles. The molecule has 0 N–H and O–H groups in total. The molecule has 1 saturated heterocycles. The summed E-state index contributed by atoms with van der Waals surface area (Å²) in [6.07, 6.45) is 0. The second-order valence-electron chi connectivity index (χ2n) is 5.81. The van der Waals surface area contributed by atoms with Crippen molar-refractivity contribution >= 4 is 44.8 Å². The van der Waals surface area contributed by atoms with Crippen LogP contribution in [0.3, 0.4) is 0 Å². The Kier molecular flexibility index (Phi) is 3.03. The van der Waals surface area contributed by atoms with Gasteiger partial charge in [0.15, 0.2) is 0 Å². The van der Waals surface area contributed by atoms with Crippen LogP contribution in [-0.4, -0.2) is 24.9 Å². The van der Waals surface area contributed by atoms with Crippen molar-refractivity contribution in [2.45, 2.75) is 10.9 Å². The third-order valence-electron chi connectivity index (χ3n) is 4.60. The number of halogens is 2. The van der Waals surface area contributed by atoms with Gasteiger partial charge in [-0.3, -0.25) is 9.69 Å².